The van der Waals surface area contributed by atoms with Gasteiger partial charge in [-0.05, 0) is 54.5 Å². The van der Waals surface area contributed by atoms with Crippen LogP contribution in [0.5, 0.6) is 0 Å². The summed E-state index contributed by atoms with van der Waals surface area (Å²) in [6.07, 6.45) is 5.49. The van der Waals surface area contributed by atoms with E-state index in [0.717, 1.165) is 30.5 Å². The Labute approximate surface area is 113 Å². The van der Waals surface area contributed by atoms with Gasteiger partial charge in [-0.15, -0.1) is 12.4 Å². The standard InChI is InChI=1S/C13H15ClN2.ClH/c1-8-2-10(7-16-13(8)14)9-3-11-5-15-6-12(11)4-9;/h2-3,7,11-12,15H,4-6H2,1H3;1H/t11-,12+;/m1./s1. The molecule has 0 saturated carbocycles. The quantitative estimate of drug-likeness (QED) is 0.794. The van der Waals surface area contributed by atoms with Gasteiger partial charge in [-0.1, -0.05) is 17.7 Å². The monoisotopic (exact) mass is 270 g/mol. The third-order valence-corrected chi connectivity index (χ3v) is 4.07. The van der Waals surface area contributed by atoms with E-state index >= 15 is 0 Å². The molecule has 1 aliphatic heterocycles. The first-order valence-corrected chi connectivity index (χ1v) is 6.16. The molecule has 0 aromatic carbocycles. The van der Waals surface area contributed by atoms with Gasteiger partial charge in [0, 0.05) is 12.7 Å². The van der Waals surface area contributed by atoms with Gasteiger partial charge < -0.3 is 5.32 Å². The Morgan fingerprint density at radius 2 is 2.24 bits per heavy atom. The van der Waals surface area contributed by atoms with Crippen LogP contribution in [0, 0.1) is 18.8 Å². The number of nitrogens with one attached hydrogen (secondary N) is 1. The second-order valence-electron chi connectivity index (χ2n) is 4.81. The van der Waals surface area contributed by atoms with Crippen molar-refractivity contribution in [3.63, 3.8) is 0 Å². The molecule has 2 heterocycles. The molecule has 0 unspecified atom stereocenters. The minimum Gasteiger partial charge on any atom is -0.316 e. The van der Waals surface area contributed by atoms with Crippen LogP contribution in [-0.2, 0) is 0 Å². The first-order chi connectivity index (χ1) is 7.74. The average molecular weight is 271 g/mol. The van der Waals surface area contributed by atoms with Crippen LogP contribution in [0.1, 0.15) is 17.5 Å². The summed E-state index contributed by atoms with van der Waals surface area (Å²) < 4.78 is 0. The van der Waals surface area contributed by atoms with Gasteiger partial charge in [0.1, 0.15) is 5.15 Å². The SMILES string of the molecule is Cc1cc(C2=C[C@@H]3CNC[C@@H]3C2)cnc1Cl.Cl. The van der Waals surface area contributed by atoms with Crippen molar-refractivity contribution in [2.24, 2.45) is 11.8 Å². The minimum absolute atomic E-state index is 0. The average Bonchev–Trinajstić information content (AvgIpc) is 2.81. The molecule has 1 aliphatic carbocycles. The highest BCUT2D eigenvalue weighted by Gasteiger charge is 2.31. The number of hydrogen-bond donors (Lipinski definition) is 1. The van der Waals surface area contributed by atoms with Crippen LogP contribution in [0.25, 0.3) is 5.57 Å². The van der Waals surface area contributed by atoms with E-state index in [-0.39, 0.29) is 12.4 Å². The van der Waals surface area contributed by atoms with E-state index in [9.17, 15) is 0 Å². The summed E-state index contributed by atoms with van der Waals surface area (Å²) in [7, 11) is 0. The number of allylic oxidation sites excluding steroid dienone is 1. The lowest BCUT2D eigenvalue weighted by atomic mass is 9.98. The zero-order valence-corrected chi connectivity index (χ0v) is 11.3. The van der Waals surface area contributed by atoms with Crippen LogP contribution in [0.2, 0.25) is 5.15 Å². The third kappa shape index (κ3) is 2.35. The van der Waals surface area contributed by atoms with Gasteiger partial charge >= 0.3 is 0 Å². The Balaban J connectivity index is 0.00000108. The molecule has 1 fully saturated rings. The Morgan fingerprint density at radius 3 is 2.94 bits per heavy atom. The van der Waals surface area contributed by atoms with Crippen molar-refractivity contribution in [3.8, 4) is 0 Å². The van der Waals surface area contributed by atoms with E-state index in [2.05, 4.69) is 22.4 Å². The molecular weight excluding hydrogens is 255 g/mol. The van der Waals surface area contributed by atoms with Crippen molar-refractivity contribution in [1.29, 1.82) is 0 Å². The molecule has 1 saturated heterocycles. The van der Waals surface area contributed by atoms with E-state index in [4.69, 9.17) is 11.6 Å². The van der Waals surface area contributed by atoms with Crippen molar-refractivity contribution in [2.75, 3.05) is 13.1 Å². The van der Waals surface area contributed by atoms with Crippen molar-refractivity contribution in [3.05, 3.63) is 34.6 Å². The third-order valence-electron chi connectivity index (χ3n) is 3.67. The van der Waals surface area contributed by atoms with Crippen LogP contribution in [0.3, 0.4) is 0 Å². The molecule has 2 atom stereocenters. The molecule has 17 heavy (non-hydrogen) atoms. The predicted octanol–water partition coefficient (Wildman–Crippen LogP) is 3.09. The number of pyridine rings is 1. The molecule has 0 spiro atoms. The van der Waals surface area contributed by atoms with E-state index in [1.54, 1.807) is 0 Å². The highest BCUT2D eigenvalue weighted by Crippen LogP contribution is 2.38. The van der Waals surface area contributed by atoms with Gasteiger partial charge in [-0.2, -0.15) is 0 Å². The van der Waals surface area contributed by atoms with Crippen molar-refractivity contribution in [2.45, 2.75) is 13.3 Å². The number of hydrogen-bond acceptors (Lipinski definition) is 2. The number of rotatable bonds is 1. The summed E-state index contributed by atoms with van der Waals surface area (Å²) in [5.41, 5.74) is 3.76. The lowest BCUT2D eigenvalue weighted by Crippen LogP contribution is -2.09. The molecule has 0 amide bonds. The second-order valence-corrected chi connectivity index (χ2v) is 5.17. The smallest absolute Gasteiger partial charge is 0.131 e. The van der Waals surface area contributed by atoms with Gasteiger partial charge in [-0.3, -0.25) is 0 Å². The Morgan fingerprint density at radius 1 is 1.41 bits per heavy atom. The number of aromatic nitrogens is 1. The van der Waals surface area contributed by atoms with Gasteiger partial charge in [0.25, 0.3) is 0 Å². The summed E-state index contributed by atoms with van der Waals surface area (Å²) >= 11 is 5.94. The molecule has 0 bridgehead atoms. The fraction of sp³-hybridized carbons (Fsp3) is 0.462. The van der Waals surface area contributed by atoms with Gasteiger partial charge in [0.05, 0.1) is 0 Å². The molecule has 2 aliphatic rings. The fourth-order valence-electron chi connectivity index (χ4n) is 2.73. The number of nitrogens with zero attached hydrogens (tertiary/aromatic N) is 1. The van der Waals surface area contributed by atoms with Gasteiger partial charge in [-0.25, -0.2) is 4.98 Å². The highest BCUT2D eigenvalue weighted by atomic mass is 35.5. The topological polar surface area (TPSA) is 24.9 Å². The molecule has 1 aromatic heterocycles. The van der Waals surface area contributed by atoms with E-state index in [1.165, 1.54) is 17.6 Å². The Kier molecular flexibility index (Phi) is 3.76. The lowest BCUT2D eigenvalue weighted by molar-refractivity contribution is 0.536. The van der Waals surface area contributed by atoms with E-state index in [0.29, 0.717) is 5.15 Å². The van der Waals surface area contributed by atoms with Crippen molar-refractivity contribution >= 4 is 29.6 Å². The summed E-state index contributed by atoms with van der Waals surface area (Å²) in [6.45, 7) is 4.30. The molecule has 0 radical (unpaired) electrons. The highest BCUT2D eigenvalue weighted by molar-refractivity contribution is 6.30. The summed E-state index contributed by atoms with van der Waals surface area (Å²) in [6, 6.07) is 2.15. The maximum absolute atomic E-state index is 5.94. The number of fused-ring (bicyclic) bond motifs is 1. The Bertz CT molecular complexity index is 457. The van der Waals surface area contributed by atoms with E-state index < -0.39 is 0 Å². The molecule has 3 rings (SSSR count). The lowest BCUT2D eigenvalue weighted by Gasteiger charge is -2.07. The predicted molar refractivity (Wildman–Crippen MR) is 73.7 cm³/mol. The van der Waals surface area contributed by atoms with Crippen molar-refractivity contribution in [1.82, 2.24) is 10.3 Å². The molecule has 1 aromatic rings. The van der Waals surface area contributed by atoms with Crippen LogP contribution in [0.4, 0.5) is 0 Å². The van der Waals surface area contributed by atoms with Crippen LogP contribution in [0.15, 0.2) is 18.3 Å². The number of aryl methyl sites for hydroxylation is 1. The second kappa shape index (κ2) is 4.97. The molecule has 92 valence electrons. The zero-order valence-electron chi connectivity index (χ0n) is 9.74. The first kappa shape index (κ1) is 12.9. The first-order valence-electron chi connectivity index (χ1n) is 5.78. The Hall–Kier alpha value is -0.570. The fourth-order valence-corrected chi connectivity index (χ4v) is 2.83. The summed E-state index contributed by atoms with van der Waals surface area (Å²) in [4.78, 5) is 4.23. The van der Waals surface area contributed by atoms with Gasteiger partial charge in [0.15, 0.2) is 0 Å². The van der Waals surface area contributed by atoms with E-state index in [1.807, 2.05) is 13.1 Å². The molecule has 2 nitrogen and oxygen atoms in total. The minimum atomic E-state index is 0. The van der Waals surface area contributed by atoms with Crippen molar-refractivity contribution < 1.29 is 0 Å². The summed E-state index contributed by atoms with van der Waals surface area (Å²) in [5.74, 6) is 1.52. The normalized spacial score (nSPS) is 26.4. The van der Waals surface area contributed by atoms with Crippen LogP contribution >= 0.6 is 24.0 Å². The maximum atomic E-state index is 5.94. The van der Waals surface area contributed by atoms with Crippen LogP contribution in [-0.4, -0.2) is 18.1 Å². The zero-order chi connectivity index (χ0) is 11.1. The largest absolute Gasteiger partial charge is 0.316 e. The maximum Gasteiger partial charge on any atom is 0.131 e. The molecule has 1 N–H and O–H groups in total. The van der Waals surface area contributed by atoms with Crippen LogP contribution < -0.4 is 5.32 Å². The molecular formula is C13H16Cl2N2. The molecule has 4 heteroatoms. The van der Waals surface area contributed by atoms with Gasteiger partial charge in [0.2, 0.25) is 0 Å². The summed E-state index contributed by atoms with van der Waals surface area (Å²) in [5, 5.41) is 4.05. The number of halogens is 2.